The topological polar surface area (TPSA) is 9.23 Å². The van der Waals surface area contributed by atoms with Gasteiger partial charge >= 0.3 is 0 Å². The minimum Gasteiger partial charge on any atom is -0.494 e. The Kier molecular flexibility index (Phi) is 12.8. The summed E-state index contributed by atoms with van der Waals surface area (Å²) < 4.78 is 6.07. The Labute approximate surface area is 206 Å². The summed E-state index contributed by atoms with van der Waals surface area (Å²) in [5.74, 6) is 5.04. The van der Waals surface area contributed by atoms with Crippen molar-refractivity contribution >= 4 is 0 Å². The molecule has 2 aliphatic rings. The standard InChI is InChI=1S/C32H54O/c1-3-5-6-7-10-28-16-18-30(19-17-28)20-21-31-22-24-32(25-23-31)33-26-8-11-29-14-12-27(9-4-2)13-15-29/h22-25,27-30H,3-21,26H2,1-2H3/t27-,28-,29-,30-. The zero-order valence-corrected chi connectivity index (χ0v) is 22.2. The van der Waals surface area contributed by atoms with Crippen LogP contribution in [-0.4, -0.2) is 6.61 Å². The summed E-state index contributed by atoms with van der Waals surface area (Å²) in [6.07, 6.45) is 27.0. The summed E-state index contributed by atoms with van der Waals surface area (Å²) in [6, 6.07) is 9.03. The van der Waals surface area contributed by atoms with Crippen molar-refractivity contribution in [2.75, 3.05) is 6.61 Å². The van der Waals surface area contributed by atoms with Gasteiger partial charge in [0, 0.05) is 0 Å². The zero-order valence-electron chi connectivity index (χ0n) is 22.2. The average Bonchev–Trinajstić information content (AvgIpc) is 2.86. The molecule has 1 heteroatoms. The molecule has 1 aromatic carbocycles. The van der Waals surface area contributed by atoms with E-state index in [2.05, 4.69) is 38.1 Å². The normalized spacial score (nSPS) is 25.8. The van der Waals surface area contributed by atoms with Crippen LogP contribution < -0.4 is 4.74 Å². The van der Waals surface area contributed by atoms with Crippen molar-refractivity contribution in [2.24, 2.45) is 23.7 Å². The van der Waals surface area contributed by atoms with E-state index in [1.807, 2.05) is 0 Å². The highest BCUT2D eigenvalue weighted by molar-refractivity contribution is 5.27. The van der Waals surface area contributed by atoms with E-state index in [0.717, 1.165) is 36.0 Å². The smallest absolute Gasteiger partial charge is 0.119 e. The molecule has 0 heterocycles. The minimum absolute atomic E-state index is 0.885. The van der Waals surface area contributed by atoms with Gasteiger partial charge in [-0.15, -0.1) is 0 Å². The molecular formula is C32H54O. The number of benzene rings is 1. The number of ether oxygens (including phenoxy) is 1. The first-order chi connectivity index (χ1) is 16.3. The average molecular weight is 455 g/mol. The van der Waals surface area contributed by atoms with Crippen molar-refractivity contribution in [3.8, 4) is 5.75 Å². The summed E-state index contributed by atoms with van der Waals surface area (Å²) in [4.78, 5) is 0. The van der Waals surface area contributed by atoms with Gasteiger partial charge in [-0.2, -0.15) is 0 Å². The first kappa shape index (κ1) is 26.6. The molecule has 188 valence electrons. The lowest BCUT2D eigenvalue weighted by Crippen LogP contribution is -2.15. The molecule has 2 aliphatic carbocycles. The Morgan fingerprint density at radius 3 is 1.70 bits per heavy atom. The van der Waals surface area contributed by atoms with Gasteiger partial charge in [0.1, 0.15) is 5.75 Å². The molecule has 0 amide bonds. The summed E-state index contributed by atoms with van der Waals surface area (Å²) in [5, 5.41) is 0. The van der Waals surface area contributed by atoms with Crippen LogP contribution in [0.3, 0.4) is 0 Å². The molecule has 0 saturated heterocycles. The number of rotatable bonds is 15. The minimum atomic E-state index is 0.885. The number of hydrogen-bond acceptors (Lipinski definition) is 1. The second-order valence-electron chi connectivity index (χ2n) is 11.6. The van der Waals surface area contributed by atoms with Gasteiger partial charge < -0.3 is 4.74 Å². The quantitative estimate of drug-likeness (QED) is 0.239. The van der Waals surface area contributed by atoms with Crippen LogP contribution in [0.5, 0.6) is 5.75 Å². The van der Waals surface area contributed by atoms with Crippen LogP contribution in [-0.2, 0) is 6.42 Å². The van der Waals surface area contributed by atoms with Gasteiger partial charge in [-0.25, -0.2) is 0 Å². The van der Waals surface area contributed by atoms with Crippen LogP contribution in [0, 0.1) is 23.7 Å². The third kappa shape index (κ3) is 10.4. The van der Waals surface area contributed by atoms with E-state index >= 15 is 0 Å². The summed E-state index contributed by atoms with van der Waals surface area (Å²) >= 11 is 0. The molecule has 33 heavy (non-hydrogen) atoms. The molecule has 0 atom stereocenters. The van der Waals surface area contributed by atoms with Crippen molar-refractivity contribution in [3.63, 3.8) is 0 Å². The van der Waals surface area contributed by atoms with Gasteiger partial charge in [0.15, 0.2) is 0 Å². The molecule has 2 saturated carbocycles. The van der Waals surface area contributed by atoms with Crippen molar-refractivity contribution in [1.29, 1.82) is 0 Å². The van der Waals surface area contributed by atoms with Crippen molar-refractivity contribution in [2.45, 2.75) is 136 Å². The van der Waals surface area contributed by atoms with Crippen LogP contribution >= 0.6 is 0 Å². The van der Waals surface area contributed by atoms with E-state index in [9.17, 15) is 0 Å². The Morgan fingerprint density at radius 1 is 0.576 bits per heavy atom. The van der Waals surface area contributed by atoms with Crippen molar-refractivity contribution < 1.29 is 4.74 Å². The zero-order chi connectivity index (χ0) is 23.1. The molecule has 1 aromatic rings. The fourth-order valence-electron chi connectivity index (χ4n) is 6.57. The summed E-state index contributed by atoms with van der Waals surface area (Å²) in [5.41, 5.74) is 1.49. The van der Waals surface area contributed by atoms with Crippen LogP contribution in [0.1, 0.15) is 135 Å². The molecule has 0 aliphatic heterocycles. The maximum Gasteiger partial charge on any atom is 0.119 e. The lowest BCUT2D eigenvalue weighted by molar-refractivity contribution is 0.230. The Morgan fingerprint density at radius 2 is 1.12 bits per heavy atom. The molecular weight excluding hydrogens is 400 g/mol. The second-order valence-corrected chi connectivity index (χ2v) is 11.6. The highest BCUT2D eigenvalue weighted by Gasteiger charge is 2.21. The molecule has 1 nitrogen and oxygen atoms in total. The van der Waals surface area contributed by atoms with E-state index in [1.54, 1.807) is 0 Å². The van der Waals surface area contributed by atoms with Gasteiger partial charge in [0.2, 0.25) is 0 Å². The van der Waals surface area contributed by atoms with E-state index in [4.69, 9.17) is 4.74 Å². The Hall–Kier alpha value is -0.980. The fraction of sp³-hybridized carbons (Fsp3) is 0.812. The highest BCUT2D eigenvalue weighted by Crippen LogP contribution is 2.35. The van der Waals surface area contributed by atoms with Crippen molar-refractivity contribution in [1.82, 2.24) is 0 Å². The molecule has 0 unspecified atom stereocenters. The van der Waals surface area contributed by atoms with Gasteiger partial charge in [-0.3, -0.25) is 0 Å². The predicted octanol–water partition coefficient (Wildman–Crippen LogP) is 10.2. The molecule has 3 rings (SSSR count). The molecule has 0 spiro atoms. The fourth-order valence-corrected chi connectivity index (χ4v) is 6.57. The van der Waals surface area contributed by atoms with E-state index in [-0.39, 0.29) is 0 Å². The van der Waals surface area contributed by atoms with Gasteiger partial charge in [0.25, 0.3) is 0 Å². The number of unbranched alkanes of at least 4 members (excludes halogenated alkanes) is 3. The van der Waals surface area contributed by atoms with E-state index < -0.39 is 0 Å². The molecule has 2 fully saturated rings. The molecule has 0 radical (unpaired) electrons. The van der Waals surface area contributed by atoms with Gasteiger partial charge in [0.05, 0.1) is 6.61 Å². The van der Waals surface area contributed by atoms with Crippen LogP contribution in [0.15, 0.2) is 24.3 Å². The SMILES string of the molecule is CCCCCC[C@H]1CC[C@H](CCc2ccc(OCCC[C@H]3CC[C@H](CCC)CC3)cc2)CC1. The molecule has 0 bridgehead atoms. The Bertz CT molecular complexity index is 589. The number of aryl methyl sites for hydroxylation is 1. The molecule has 0 N–H and O–H groups in total. The third-order valence-corrected chi connectivity index (χ3v) is 8.89. The summed E-state index contributed by atoms with van der Waals surface area (Å²) in [7, 11) is 0. The Balaban J connectivity index is 1.22. The maximum atomic E-state index is 6.07. The summed E-state index contributed by atoms with van der Waals surface area (Å²) in [6.45, 7) is 5.53. The predicted molar refractivity (Wildman–Crippen MR) is 144 cm³/mol. The maximum absolute atomic E-state index is 6.07. The lowest BCUT2D eigenvalue weighted by atomic mass is 9.78. The largest absolute Gasteiger partial charge is 0.494 e. The van der Waals surface area contributed by atoms with Crippen molar-refractivity contribution in [3.05, 3.63) is 29.8 Å². The van der Waals surface area contributed by atoms with E-state index in [1.165, 1.54) is 128 Å². The number of hydrogen-bond donors (Lipinski definition) is 0. The molecule has 0 aromatic heterocycles. The third-order valence-electron chi connectivity index (χ3n) is 8.89. The van der Waals surface area contributed by atoms with Crippen LogP contribution in [0.4, 0.5) is 0 Å². The first-order valence-electron chi connectivity index (χ1n) is 15.0. The van der Waals surface area contributed by atoms with Gasteiger partial charge in [-0.05, 0) is 67.1 Å². The second kappa shape index (κ2) is 15.8. The van der Waals surface area contributed by atoms with E-state index in [0.29, 0.717) is 0 Å². The monoisotopic (exact) mass is 454 g/mol. The van der Waals surface area contributed by atoms with Crippen LogP contribution in [0.25, 0.3) is 0 Å². The lowest BCUT2D eigenvalue weighted by Gasteiger charge is -2.28. The van der Waals surface area contributed by atoms with Crippen LogP contribution in [0.2, 0.25) is 0 Å². The first-order valence-corrected chi connectivity index (χ1v) is 15.0. The highest BCUT2D eigenvalue weighted by atomic mass is 16.5. The van der Waals surface area contributed by atoms with Gasteiger partial charge in [-0.1, -0.05) is 122 Å².